The van der Waals surface area contributed by atoms with E-state index < -0.39 is 30.0 Å². The predicted molar refractivity (Wildman–Crippen MR) is 141 cm³/mol. The number of carboxylic acid groups (broad SMARTS) is 1. The van der Waals surface area contributed by atoms with Crippen molar-refractivity contribution in [1.82, 2.24) is 4.57 Å². The second-order valence-corrected chi connectivity index (χ2v) is 9.25. The first kappa shape index (κ1) is 27.6. The third kappa shape index (κ3) is 6.17. The number of benzene rings is 2. The maximum Gasteiger partial charge on any atom is 0.323 e. The number of carbonyl (C=O) groups excluding carboxylic acids is 1. The highest BCUT2D eigenvalue weighted by atomic mass is 16.5. The molecule has 3 aromatic rings. The summed E-state index contributed by atoms with van der Waals surface area (Å²) in [5, 5.41) is 20.0. The number of hydrogen-bond acceptors (Lipinski definition) is 8. The normalized spacial score (nSPS) is 12.8. The van der Waals surface area contributed by atoms with Crippen LogP contribution in [0.4, 0.5) is 0 Å². The number of aryl methyl sites for hydroxylation is 1. The van der Waals surface area contributed by atoms with Gasteiger partial charge in [0.15, 0.2) is 11.5 Å². The Morgan fingerprint density at radius 2 is 1.90 bits per heavy atom. The van der Waals surface area contributed by atoms with Crippen LogP contribution in [-0.2, 0) is 33.7 Å². The van der Waals surface area contributed by atoms with Gasteiger partial charge >= 0.3 is 11.9 Å². The maximum absolute atomic E-state index is 13.3. The maximum atomic E-state index is 13.3. The third-order valence-corrected chi connectivity index (χ3v) is 6.76. The van der Waals surface area contributed by atoms with Crippen molar-refractivity contribution in [3.8, 4) is 23.0 Å². The molecular weight excluding hydrogens is 506 g/mol. The van der Waals surface area contributed by atoms with Crippen molar-refractivity contribution in [2.75, 3.05) is 27.4 Å². The van der Waals surface area contributed by atoms with Gasteiger partial charge in [-0.15, -0.1) is 0 Å². The van der Waals surface area contributed by atoms with Gasteiger partial charge in [-0.25, -0.2) is 0 Å². The summed E-state index contributed by atoms with van der Waals surface area (Å²) >= 11 is 0. The van der Waals surface area contributed by atoms with Crippen molar-refractivity contribution in [2.45, 2.75) is 38.6 Å². The van der Waals surface area contributed by atoms with Crippen molar-refractivity contribution in [3.63, 3.8) is 0 Å². The van der Waals surface area contributed by atoms with Crippen LogP contribution in [0.2, 0.25) is 0 Å². The Morgan fingerprint density at radius 3 is 2.62 bits per heavy atom. The fraction of sp³-hybridized carbons (Fsp3) is 0.345. The van der Waals surface area contributed by atoms with E-state index in [0.717, 1.165) is 22.3 Å². The Bertz CT molecular complexity index is 1440. The second kappa shape index (κ2) is 11.9. The van der Waals surface area contributed by atoms with E-state index in [2.05, 4.69) is 6.07 Å². The zero-order valence-corrected chi connectivity index (χ0v) is 22.1. The number of fused-ring (bicyclic) bond motifs is 1. The lowest BCUT2D eigenvalue weighted by molar-refractivity contribution is -0.141. The lowest BCUT2D eigenvalue weighted by Crippen LogP contribution is -2.30. The minimum Gasteiger partial charge on any atom is -0.507 e. The zero-order chi connectivity index (χ0) is 28.1. The predicted octanol–water partition coefficient (Wildman–Crippen LogP) is 3.21. The van der Waals surface area contributed by atoms with Crippen molar-refractivity contribution < 1.29 is 38.7 Å². The molecular formula is C29H31NO9. The monoisotopic (exact) mass is 537 g/mol. The SMILES string of the molecule is COC(=O)C[C@H](c1ccc(OCCc2ccc3c(c2)CCO3)c(OC)c1)c1c(O)cc(C)n(CC(=O)O)c1=O. The largest absolute Gasteiger partial charge is 0.507 e. The van der Waals surface area contributed by atoms with Gasteiger partial charge in [0.1, 0.15) is 18.0 Å². The van der Waals surface area contributed by atoms with E-state index >= 15 is 0 Å². The van der Waals surface area contributed by atoms with Gasteiger partial charge in [0, 0.05) is 24.5 Å². The van der Waals surface area contributed by atoms with Gasteiger partial charge in [-0.2, -0.15) is 0 Å². The quantitative estimate of drug-likeness (QED) is 0.354. The molecule has 10 heteroatoms. The van der Waals surface area contributed by atoms with Gasteiger partial charge in [0.2, 0.25) is 0 Å². The number of ether oxygens (including phenoxy) is 4. The lowest BCUT2D eigenvalue weighted by Gasteiger charge is -2.21. The average molecular weight is 538 g/mol. The van der Waals surface area contributed by atoms with Gasteiger partial charge < -0.3 is 33.7 Å². The number of aromatic hydroxyl groups is 1. The zero-order valence-electron chi connectivity index (χ0n) is 22.1. The summed E-state index contributed by atoms with van der Waals surface area (Å²) < 4.78 is 23.0. The van der Waals surface area contributed by atoms with E-state index in [4.69, 9.17) is 18.9 Å². The van der Waals surface area contributed by atoms with E-state index in [1.165, 1.54) is 32.8 Å². The molecule has 0 spiro atoms. The van der Waals surface area contributed by atoms with Gasteiger partial charge in [-0.1, -0.05) is 18.2 Å². The molecule has 0 fully saturated rings. The van der Waals surface area contributed by atoms with Crippen LogP contribution in [0, 0.1) is 6.92 Å². The fourth-order valence-electron chi connectivity index (χ4n) is 4.76. The summed E-state index contributed by atoms with van der Waals surface area (Å²) in [6, 6.07) is 12.4. The number of methoxy groups -OCH3 is 2. The Kier molecular flexibility index (Phi) is 8.43. The number of aliphatic carboxylic acids is 1. The Hall–Kier alpha value is -4.47. The molecule has 0 saturated heterocycles. The van der Waals surface area contributed by atoms with Gasteiger partial charge in [0.05, 0.1) is 39.4 Å². The van der Waals surface area contributed by atoms with Crippen LogP contribution in [0.25, 0.3) is 0 Å². The first-order chi connectivity index (χ1) is 18.7. The van der Waals surface area contributed by atoms with Crippen LogP contribution in [0.5, 0.6) is 23.0 Å². The number of pyridine rings is 1. The highest BCUT2D eigenvalue weighted by Gasteiger charge is 2.28. The summed E-state index contributed by atoms with van der Waals surface area (Å²) in [7, 11) is 2.70. The van der Waals surface area contributed by atoms with Gasteiger partial charge in [-0.3, -0.25) is 14.4 Å². The molecule has 0 unspecified atom stereocenters. The molecule has 0 aliphatic carbocycles. The van der Waals surface area contributed by atoms with E-state index in [0.29, 0.717) is 36.7 Å². The average Bonchev–Trinajstić information content (AvgIpc) is 3.38. The van der Waals surface area contributed by atoms with Crippen LogP contribution in [0.1, 0.15) is 40.3 Å². The topological polar surface area (TPSA) is 134 Å². The molecule has 0 radical (unpaired) electrons. The van der Waals surface area contributed by atoms with Crippen molar-refractivity contribution in [2.24, 2.45) is 0 Å². The molecule has 206 valence electrons. The third-order valence-electron chi connectivity index (χ3n) is 6.76. The molecule has 4 rings (SSSR count). The minimum absolute atomic E-state index is 0.108. The summed E-state index contributed by atoms with van der Waals surface area (Å²) in [5.74, 6) is -1.32. The van der Waals surface area contributed by atoms with Crippen LogP contribution in [0.3, 0.4) is 0 Å². The van der Waals surface area contributed by atoms with Gasteiger partial charge in [-0.05, 0) is 47.9 Å². The molecule has 1 aliphatic rings. The van der Waals surface area contributed by atoms with Crippen LogP contribution < -0.4 is 19.8 Å². The minimum atomic E-state index is -1.21. The molecule has 2 heterocycles. The fourth-order valence-corrected chi connectivity index (χ4v) is 4.76. The number of carbonyl (C=O) groups is 2. The molecule has 2 N–H and O–H groups in total. The molecule has 10 nitrogen and oxygen atoms in total. The van der Waals surface area contributed by atoms with E-state index in [-0.39, 0.29) is 23.4 Å². The summed E-state index contributed by atoms with van der Waals surface area (Å²) in [6.07, 6.45) is 1.30. The van der Waals surface area contributed by atoms with Crippen LogP contribution in [0.15, 0.2) is 47.3 Å². The number of carboxylic acids is 1. The molecule has 0 bridgehead atoms. The van der Waals surface area contributed by atoms with Crippen molar-refractivity contribution >= 4 is 11.9 Å². The molecule has 1 aromatic heterocycles. The Morgan fingerprint density at radius 1 is 1.10 bits per heavy atom. The standard InChI is InChI=1S/C29H31NO9/c1-17-12-22(31)28(29(35)30(17)16-26(32)33)21(15-27(34)37-3)19-5-7-24(25(14-19)36-2)39-10-8-18-4-6-23-20(13-18)9-11-38-23/h4-7,12-14,21,31H,8-11,15-16H2,1-3H3,(H,32,33)/t21-/m1/s1. The first-order valence-electron chi connectivity index (χ1n) is 12.5. The molecule has 0 amide bonds. The molecule has 1 atom stereocenters. The Balaban J connectivity index is 1.62. The highest BCUT2D eigenvalue weighted by Crippen LogP contribution is 2.37. The van der Waals surface area contributed by atoms with Crippen molar-refractivity contribution in [1.29, 1.82) is 0 Å². The molecule has 1 aliphatic heterocycles. The van der Waals surface area contributed by atoms with E-state index in [1.807, 2.05) is 12.1 Å². The summed E-state index contributed by atoms with van der Waals surface area (Å²) in [6.45, 7) is 2.02. The van der Waals surface area contributed by atoms with Gasteiger partial charge in [0.25, 0.3) is 5.56 Å². The highest BCUT2D eigenvalue weighted by molar-refractivity contribution is 5.72. The summed E-state index contributed by atoms with van der Waals surface area (Å²) in [4.78, 5) is 37.0. The smallest absolute Gasteiger partial charge is 0.323 e. The number of aromatic nitrogens is 1. The molecule has 0 saturated carbocycles. The Labute approximate surface area is 225 Å². The van der Waals surface area contributed by atoms with Crippen molar-refractivity contribution in [3.05, 3.63) is 80.8 Å². The summed E-state index contributed by atoms with van der Waals surface area (Å²) in [5.41, 5.74) is 2.26. The number of rotatable bonds is 11. The molecule has 2 aromatic carbocycles. The number of esters is 1. The van der Waals surface area contributed by atoms with Crippen LogP contribution in [-0.4, -0.2) is 54.2 Å². The molecule has 39 heavy (non-hydrogen) atoms. The number of nitrogens with zero attached hydrogens (tertiary/aromatic N) is 1. The number of hydrogen-bond donors (Lipinski definition) is 2. The van der Waals surface area contributed by atoms with Crippen LogP contribution >= 0.6 is 0 Å². The lowest BCUT2D eigenvalue weighted by atomic mass is 9.88. The van der Waals surface area contributed by atoms with E-state index in [9.17, 15) is 24.6 Å². The second-order valence-electron chi connectivity index (χ2n) is 9.25. The first-order valence-corrected chi connectivity index (χ1v) is 12.5. The van der Waals surface area contributed by atoms with E-state index in [1.54, 1.807) is 18.2 Å².